The lowest BCUT2D eigenvalue weighted by Crippen LogP contribution is -1.90. The van der Waals surface area contributed by atoms with E-state index in [9.17, 15) is 0 Å². The van der Waals surface area contributed by atoms with Gasteiger partial charge in [-0.2, -0.15) is 5.26 Å². The highest BCUT2D eigenvalue weighted by Gasteiger charge is 2.03. The minimum atomic E-state index is 0.918. The van der Waals surface area contributed by atoms with Crippen LogP contribution in [0.5, 0.6) is 0 Å². The van der Waals surface area contributed by atoms with Gasteiger partial charge in [-0.05, 0) is 31.8 Å². The van der Waals surface area contributed by atoms with Crippen molar-refractivity contribution in [3.05, 3.63) is 22.8 Å². The summed E-state index contributed by atoms with van der Waals surface area (Å²) in [6.07, 6.45) is 8.67. The second-order valence-corrected chi connectivity index (χ2v) is 4.36. The first-order chi connectivity index (χ1) is 7.69. The third kappa shape index (κ3) is 5.75. The maximum Gasteiger partial charge on any atom is 0.0949 e. The van der Waals surface area contributed by atoms with Gasteiger partial charge in [0.15, 0.2) is 0 Å². The summed E-state index contributed by atoms with van der Waals surface area (Å²) < 4.78 is 0. The lowest BCUT2D eigenvalue weighted by Gasteiger charge is -2.07. The number of hydrogen-bond donors (Lipinski definition) is 0. The largest absolute Gasteiger partial charge is 0.193 e. The van der Waals surface area contributed by atoms with Crippen LogP contribution in [0.25, 0.3) is 0 Å². The van der Waals surface area contributed by atoms with Crippen molar-refractivity contribution in [1.82, 2.24) is 0 Å². The number of nitrogens with zero attached hydrogens (tertiary/aromatic N) is 1. The average molecular weight is 219 g/mol. The molecule has 0 aromatic rings. The van der Waals surface area contributed by atoms with E-state index in [2.05, 4.69) is 39.8 Å². The Balaban J connectivity index is 4.96. The van der Waals surface area contributed by atoms with E-state index in [1.807, 2.05) is 0 Å². The van der Waals surface area contributed by atoms with E-state index in [0.29, 0.717) is 0 Å². The fourth-order valence-corrected chi connectivity index (χ4v) is 1.88. The van der Waals surface area contributed by atoms with E-state index in [1.54, 1.807) is 0 Å². The Morgan fingerprint density at radius 1 is 1.00 bits per heavy atom. The number of hydrogen-bond acceptors (Lipinski definition) is 1. The molecule has 16 heavy (non-hydrogen) atoms. The Kier molecular flexibility index (Phi) is 8.62. The SMILES string of the molecule is CCC/C(C)=C\C(CCC)=C(\C#N)CCC. The molecular formula is C15H25N. The molecule has 0 rings (SSSR count). The van der Waals surface area contributed by atoms with Gasteiger partial charge in [0.2, 0.25) is 0 Å². The molecule has 0 aromatic heterocycles. The van der Waals surface area contributed by atoms with Gasteiger partial charge in [-0.1, -0.05) is 51.7 Å². The summed E-state index contributed by atoms with van der Waals surface area (Å²) >= 11 is 0. The van der Waals surface area contributed by atoms with Crippen LogP contribution in [0.3, 0.4) is 0 Å². The lowest BCUT2D eigenvalue weighted by molar-refractivity contribution is 0.860. The molecule has 0 spiro atoms. The van der Waals surface area contributed by atoms with E-state index >= 15 is 0 Å². The first-order valence-electron chi connectivity index (χ1n) is 6.48. The molecule has 0 unspecified atom stereocenters. The van der Waals surface area contributed by atoms with Crippen molar-refractivity contribution in [2.24, 2.45) is 0 Å². The Hall–Kier alpha value is -1.03. The van der Waals surface area contributed by atoms with Crippen molar-refractivity contribution < 1.29 is 0 Å². The fraction of sp³-hybridized carbons (Fsp3) is 0.667. The molecule has 0 aliphatic rings. The average Bonchev–Trinajstić information content (AvgIpc) is 2.25. The van der Waals surface area contributed by atoms with Crippen LogP contribution in [0.1, 0.15) is 66.2 Å². The first-order valence-corrected chi connectivity index (χ1v) is 6.48. The molecule has 0 amide bonds. The number of rotatable bonds is 7. The molecule has 0 aromatic carbocycles. The fourth-order valence-electron chi connectivity index (χ4n) is 1.88. The zero-order valence-corrected chi connectivity index (χ0v) is 11.3. The maximum absolute atomic E-state index is 9.16. The van der Waals surface area contributed by atoms with Gasteiger partial charge in [-0.25, -0.2) is 0 Å². The molecule has 0 aliphatic heterocycles. The summed E-state index contributed by atoms with van der Waals surface area (Å²) in [6, 6.07) is 2.37. The lowest BCUT2D eigenvalue weighted by atomic mass is 9.98. The Morgan fingerprint density at radius 2 is 1.56 bits per heavy atom. The van der Waals surface area contributed by atoms with Gasteiger partial charge in [-0.3, -0.25) is 0 Å². The topological polar surface area (TPSA) is 23.8 Å². The molecule has 0 fully saturated rings. The second-order valence-electron chi connectivity index (χ2n) is 4.36. The van der Waals surface area contributed by atoms with Crippen LogP contribution in [-0.2, 0) is 0 Å². The Morgan fingerprint density at radius 3 is 2.00 bits per heavy atom. The summed E-state index contributed by atoms with van der Waals surface area (Å²) in [6.45, 7) is 8.66. The van der Waals surface area contributed by atoms with Crippen LogP contribution in [0, 0.1) is 11.3 Å². The predicted molar refractivity (Wildman–Crippen MR) is 71.1 cm³/mol. The van der Waals surface area contributed by atoms with Gasteiger partial charge in [0.05, 0.1) is 6.07 Å². The summed E-state index contributed by atoms with van der Waals surface area (Å²) in [4.78, 5) is 0. The smallest absolute Gasteiger partial charge is 0.0949 e. The van der Waals surface area contributed by atoms with Crippen LogP contribution in [-0.4, -0.2) is 0 Å². The Bertz CT molecular complexity index is 289. The van der Waals surface area contributed by atoms with Gasteiger partial charge in [0, 0.05) is 5.57 Å². The van der Waals surface area contributed by atoms with Crippen LogP contribution >= 0.6 is 0 Å². The minimum Gasteiger partial charge on any atom is -0.193 e. The summed E-state index contributed by atoms with van der Waals surface area (Å²) in [7, 11) is 0. The zero-order valence-electron chi connectivity index (χ0n) is 11.3. The molecule has 0 aliphatic carbocycles. The summed E-state index contributed by atoms with van der Waals surface area (Å²) in [5.41, 5.74) is 3.65. The van der Waals surface area contributed by atoms with E-state index in [0.717, 1.165) is 37.7 Å². The summed E-state index contributed by atoms with van der Waals surface area (Å²) in [5, 5.41) is 9.16. The molecule has 0 saturated carbocycles. The van der Waals surface area contributed by atoms with Gasteiger partial charge in [0.1, 0.15) is 0 Å². The molecule has 0 bridgehead atoms. The first kappa shape index (κ1) is 15.0. The van der Waals surface area contributed by atoms with E-state index < -0.39 is 0 Å². The molecule has 0 N–H and O–H groups in total. The van der Waals surface area contributed by atoms with Crippen molar-refractivity contribution in [2.75, 3.05) is 0 Å². The van der Waals surface area contributed by atoms with Gasteiger partial charge in [-0.15, -0.1) is 0 Å². The summed E-state index contributed by atoms with van der Waals surface area (Å²) in [5.74, 6) is 0. The molecule has 0 heterocycles. The van der Waals surface area contributed by atoms with Crippen molar-refractivity contribution in [2.45, 2.75) is 66.2 Å². The third-order valence-corrected chi connectivity index (χ3v) is 2.61. The third-order valence-electron chi connectivity index (χ3n) is 2.61. The number of allylic oxidation sites excluding steroid dienone is 4. The second kappa shape index (κ2) is 9.21. The monoisotopic (exact) mass is 219 g/mol. The van der Waals surface area contributed by atoms with E-state index in [4.69, 9.17) is 5.26 Å². The molecule has 0 atom stereocenters. The molecule has 90 valence electrons. The van der Waals surface area contributed by atoms with Crippen molar-refractivity contribution >= 4 is 0 Å². The van der Waals surface area contributed by atoms with Crippen molar-refractivity contribution in [1.29, 1.82) is 5.26 Å². The molecule has 0 saturated heterocycles. The maximum atomic E-state index is 9.16. The zero-order chi connectivity index (χ0) is 12.4. The van der Waals surface area contributed by atoms with Crippen molar-refractivity contribution in [3.63, 3.8) is 0 Å². The molecule has 0 radical (unpaired) electrons. The molecule has 1 heteroatoms. The van der Waals surface area contributed by atoms with E-state index in [1.165, 1.54) is 17.6 Å². The normalized spacial score (nSPS) is 13.3. The highest BCUT2D eigenvalue weighted by molar-refractivity contribution is 5.36. The van der Waals surface area contributed by atoms with E-state index in [-0.39, 0.29) is 0 Å². The van der Waals surface area contributed by atoms with Crippen molar-refractivity contribution in [3.8, 4) is 6.07 Å². The van der Waals surface area contributed by atoms with Gasteiger partial charge < -0.3 is 0 Å². The van der Waals surface area contributed by atoms with Gasteiger partial charge in [0.25, 0.3) is 0 Å². The van der Waals surface area contributed by atoms with Crippen LogP contribution in [0.4, 0.5) is 0 Å². The van der Waals surface area contributed by atoms with Crippen LogP contribution < -0.4 is 0 Å². The Labute approximate surface area is 101 Å². The predicted octanol–water partition coefficient (Wildman–Crippen LogP) is 5.15. The number of nitriles is 1. The standard InChI is InChI=1S/C15H25N/c1-5-8-13(4)11-14(9-6-2)15(12-16)10-7-3/h11H,5-10H2,1-4H3/b13-11-,15-14+. The van der Waals surface area contributed by atoms with Crippen LogP contribution in [0.2, 0.25) is 0 Å². The highest BCUT2D eigenvalue weighted by Crippen LogP contribution is 2.19. The van der Waals surface area contributed by atoms with Gasteiger partial charge >= 0.3 is 0 Å². The van der Waals surface area contributed by atoms with Crippen LogP contribution in [0.15, 0.2) is 22.8 Å². The highest BCUT2D eigenvalue weighted by atomic mass is 14.3. The molecular weight excluding hydrogens is 194 g/mol. The minimum absolute atomic E-state index is 0.918. The quantitative estimate of drug-likeness (QED) is 0.429. The molecule has 1 nitrogen and oxygen atoms in total.